The van der Waals surface area contributed by atoms with E-state index in [1.54, 1.807) is 4.90 Å². The largest absolute Gasteiger partial charge is 0.379 e. The van der Waals surface area contributed by atoms with Crippen molar-refractivity contribution < 1.29 is 9.53 Å². The van der Waals surface area contributed by atoms with E-state index < -0.39 is 0 Å². The summed E-state index contributed by atoms with van der Waals surface area (Å²) in [5.41, 5.74) is 0. The van der Waals surface area contributed by atoms with E-state index in [-0.39, 0.29) is 11.9 Å². The zero-order valence-electron chi connectivity index (χ0n) is 19.8. The molecular weight excluding hydrogens is 380 g/mol. The number of likely N-dealkylation sites (N-methyl/N-ethyl adjacent to an activating group) is 1. The van der Waals surface area contributed by atoms with E-state index in [9.17, 15) is 4.79 Å². The van der Waals surface area contributed by atoms with E-state index in [0.29, 0.717) is 12.0 Å². The van der Waals surface area contributed by atoms with Crippen molar-refractivity contribution in [3.63, 3.8) is 0 Å². The van der Waals surface area contributed by atoms with Crippen LogP contribution in [0.2, 0.25) is 0 Å². The molecule has 0 aromatic carbocycles. The van der Waals surface area contributed by atoms with Gasteiger partial charge in [-0.15, -0.1) is 0 Å². The standard InChI is InChI=1S/C22H44N6O2/c1-18(2)16-19(27-12-14-30-15-13-27)17-25-22(23-3)24-9-7-11-28-10-6-8-20(28)21(29)26(4)5/h18-20H,6-17H2,1-5H3,(H2,23,24,25). The van der Waals surface area contributed by atoms with Crippen LogP contribution in [-0.4, -0.2) is 112 Å². The first kappa shape index (κ1) is 24.9. The molecule has 1 amide bonds. The number of carbonyl (C=O) groups excluding carboxylic acids is 1. The number of morpholine rings is 1. The van der Waals surface area contributed by atoms with E-state index in [1.165, 1.54) is 6.42 Å². The highest BCUT2D eigenvalue weighted by molar-refractivity contribution is 5.81. The van der Waals surface area contributed by atoms with E-state index >= 15 is 0 Å². The molecule has 0 aromatic heterocycles. The predicted octanol–water partition coefficient (Wildman–Crippen LogP) is 0.841. The summed E-state index contributed by atoms with van der Waals surface area (Å²) < 4.78 is 5.52. The van der Waals surface area contributed by atoms with Gasteiger partial charge in [0.15, 0.2) is 5.96 Å². The lowest BCUT2D eigenvalue weighted by Gasteiger charge is -2.35. The van der Waals surface area contributed by atoms with Crippen LogP contribution in [0.3, 0.4) is 0 Å². The number of likely N-dealkylation sites (tertiary alicyclic amines) is 1. The maximum absolute atomic E-state index is 12.3. The Morgan fingerprint density at radius 3 is 2.57 bits per heavy atom. The lowest BCUT2D eigenvalue weighted by Crippen LogP contribution is -2.51. The van der Waals surface area contributed by atoms with Crippen LogP contribution in [0.5, 0.6) is 0 Å². The molecule has 2 aliphatic rings. The smallest absolute Gasteiger partial charge is 0.239 e. The number of hydrogen-bond acceptors (Lipinski definition) is 5. The van der Waals surface area contributed by atoms with Crippen LogP contribution in [0.1, 0.15) is 39.5 Å². The molecule has 0 aliphatic carbocycles. The van der Waals surface area contributed by atoms with Crippen LogP contribution in [0.25, 0.3) is 0 Å². The Labute approximate surface area is 183 Å². The summed E-state index contributed by atoms with van der Waals surface area (Å²) in [4.78, 5) is 23.3. The van der Waals surface area contributed by atoms with Crippen molar-refractivity contribution in [2.24, 2.45) is 10.9 Å². The van der Waals surface area contributed by atoms with Gasteiger partial charge in [0, 0.05) is 59.9 Å². The molecule has 2 heterocycles. The first-order chi connectivity index (χ1) is 14.4. The fourth-order valence-corrected chi connectivity index (χ4v) is 4.44. The Hall–Kier alpha value is -1.38. The monoisotopic (exact) mass is 424 g/mol. The Balaban J connectivity index is 1.72. The molecule has 2 unspecified atom stereocenters. The van der Waals surface area contributed by atoms with Gasteiger partial charge in [0.2, 0.25) is 5.91 Å². The SMILES string of the molecule is CN=C(NCCCN1CCCC1C(=O)N(C)C)NCC(CC(C)C)N1CCOCC1. The molecule has 8 nitrogen and oxygen atoms in total. The Kier molecular flexibility index (Phi) is 10.9. The predicted molar refractivity (Wildman–Crippen MR) is 123 cm³/mol. The van der Waals surface area contributed by atoms with Crippen LogP contribution < -0.4 is 10.6 Å². The second-order valence-electron chi connectivity index (χ2n) is 9.09. The highest BCUT2D eigenvalue weighted by atomic mass is 16.5. The normalized spacial score (nSPS) is 22.3. The van der Waals surface area contributed by atoms with Crippen molar-refractivity contribution in [2.45, 2.75) is 51.6 Å². The summed E-state index contributed by atoms with van der Waals surface area (Å²) in [6.07, 6.45) is 4.25. The molecule has 2 rings (SSSR count). The molecule has 30 heavy (non-hydrogen) atoms. The third kappa shape index (κ3) is 8.04. The minimum Gasteiger partial charge on any atom is -0.379 e. The summed E-state index contributed by atoms with van der Waals surface area (Å²) in [6, 6.07) is 0.553. The van der Waals surface area contributed by atoms with Crippen LogP contribution in [0.4, 0.5) is 0 Å². The number of aliphatic imine (C=N–C) groups is 1. The van der Waals surface area contributed by atoms with Gasteiger partial charge in [-0.05, 0) is 38.1 Å². The molecule has 2 saturated heterocycles. The van der Waals surface area contributed by atoms with Gasteiger partial charge < -0.3 is 20.3 Å². The third-order valence-electron chi connectivity index (χ3n) is 6.04. The van der Waals surface area contributed by atoms with Gasteiger partial charge in [0.25, 0.3) is 0 Å². The molecular formula is C22H44N6O2. The zero-order valence-corrected chi connectivity index (χ0v) is 19.8. The third-order valence-corrected chi connectivity index (χ3v) is 6.04. The Bertz CT molecular complexity index is 534. The molecule has 2 N–H and O–H groups in total. The van der Waals surface area contributed by atoms with Crippen molar-refractivity contribution in [3.05, 3.63) is 0 Å². The van der Waals surface area contributed by atoms with Gasteiger partial charge in [0.05, 0.1) is 19.3 Å². The van der Waals surface area contributed by atoms with Crippen LogP contribution >= 0.6 is 0 Å². The summed E-state index contributed by atoms with van der Waals surface area (Å²) in [5, 5.41) is 6.97. The lowest BCUT2D eigenvalue weighted by molar-refractivity contribution is -0.133. The zero-order chi connectivity index (χ0) is 21.9. The molecule has 174 valence electrons. The van der Waals surface area contributed by atoms with E-state index in [2.05, 4.69) is 39.3 Å². The number of ether oxygens (including phenoxy) is 1. The van der Waals surface area contributed by atoms with Gasteiger partial charge in [0.1, 0.15) is 0 Å². The summed E-state index contributed by atoms with van der Waals surface area (Å²) in [5.74, 6) is 1.75. The number of carbonyl (C=O) groups is 1. The highest BCUT2D eigenvalue weighted by Gasteiger charge is 2.31. The number of guanidine groups is 1. The topological polar surface area (TPSA) is 72.4 Å². The van der Waals surface area contributed by atoms with Crippen molar-refractivity contribution in [1.82, 2.24) is 25.3 Å². The van der Waals surface area contributed by atoms with Crippen molar-refractivity contribution in [3.8, 4) is 0 Å². The van der Waals surface area contributed by atoms with Crippen molar-refractivity contribution in [2.75, 3.05) is 73.6 Å². The minimum absolute atomic E-state index is 0.0581. The molecule has 8 heteroatoms. The van der Waals surface area contributed by atoms with Crippen molar-refractivity contribution in [1.29, 1.82) is 0 Å². The van der Waals surface area contributed by atoms with Gasteiger partial charge >= 0.3 is 0 Å². The van der Waals surface area contributed by atoms with Crippen LogP contribution in [0, 0.1) is 5.92 Å². The summed E-state index contributed by atoms with van der Waals surface area (Å²) in [7, 11) is 5.52. The fraction of sp³-hybridized carbons (Fsp3) is 0.909. The molecule has 0 spiro atoms. The maximum atomic E-state index is 12.3. The number of rotatable bonds is 10. The highest BCUT2D eigenvalue weighted by Crippen LogP contribution is 2.18. The van der Waals surface area contributed by atoms with Crippen molar-refractivity contribution >= 4 is 11.9 Å². The van der Waals surface area contributed by atoms with E-state index in [1.807, 2.05) is 21.1 Å². The van der Waals surface area contributed by atoms with Gasteiger partial charge in [-0.2, -0.15) is 0 Å². The molecule has 2 atom stereocenters. The number of amides is 1. The number of hydrogen-bond donors (Lipinski definition) is 2. The number of nitrogens with zero attached hydrogens (tertiary/aromatic N) is 4. The summed E-state index contributed by atoms with van der Waals surface area (Å²) >= 11 is 0. The second kappa shape index (κ2) is 13.1. The quantitative estimate of drug-likeness (QED) is 0.308. The maximum Gasteiger partial charge on any atom is 0.239 e. The first-order valence-corrected chi connectivity index (χ1v) is 11.6. The van der Waals surface area contributed by atoms with Crippen LogP contribution in [0.15, 0.2) is 4.99 Å². The first-order valence-electron chi connectivity index (χ1n) is 11.6. The molecule has 2 fully saturated rings. The van der Waals surface area contributed by atoms with E-state index in [4.69, 9.17) is 4.74 Å². The molecule has 0 saturated carbocycles. The molecule has 2 aliphatic heterocycles. The lowest BCUT2D eigenvalue weighted by atomic mass is 10.0. The van der Waals surface area contributed by atoms with Gasteiger partial charge in [-0.25, -0.2) is 0 Å². The van der Waals surface area contributed by atoms with Gasteiger partial charge in [-0.3, -0.25) is 19.6 Å². The molecule has 0 radical (unpaired) electrons. The number of nitrogens with one attached hydrogen (secondary N) is 2. The summed E-state index contributed by atoms with van der Waals surface area (Å²) in [6.45, 7) is 12.0. The molecule has 0 bridgehead atoms. The van der Waals surface area contributed by atoms with Gasteiger partial charge in [-0.1, -0.05) is 13.8 Å². The van der Waals surface area contributed by atoms with E-state index in [0.717, 1.165) is 77.7 Å². The Morgan fingerprint density at radius 1 is 1.20 bits per heavy atom. The van der Waals surface area contributed by atoms with Crippen LogP contribution in [-0.2, 0) is 9.53 Å². The minimum atomic E-state index is 0.0581. The Morgan fingerprint density at radius 2 is 1.93 bits per heavy atom. The average molecular weight is 425 g/mol. The second-order valence-corrected chi connectivity index (χ2v) is 9.09. The average Bonchev–Trinajstić information content (AvgIpc) is 3.20. The fourth-order valence-electron chi connectivity index (χ4n) is 4.44. The molecule has 0 aromatic rings.